The van der Waals surface area contributed by atoms with Gasteiger partial charge < -0.3 is 9.30 Å². The number of hydrogen-bond donors (Lipinski definition) is 0. The van der Waals surface area contributed by atoms with E-state index in [-0.39, 0.29) is 11.2 Å². The fraction of sp³-hybridized carbons (Fsp3) is 0.294. The first kappa shape index (κ1) is 16.7. The number of fused-ring (bicyclic) bond motifs is 1. The highest BCUT2D eigenvalue weighted by molar-refractivity contribution is 5.74. The van der Waals surface area contributed by atoms with Crippen molar-refractivity contribution < 1.29 is 9.53 Å². The second-order valence-electron chi connectivity index (χ2n) is 5.96. The van der Waals surface area contributed by atoms with Gasteiger partial charge in [0.25, 0.3) is 5.56 Å². The van der Waals surface area contributed by atoms with Gasteiger partial charge in [0.15, 0.2) is 11.2 Å². The minimum atomic E-state index is -0.682. The maximum Gasteiger partial charge on any atom is 0.333 e. The van der Waals surface area contributed by atoms with Crippen molar-refractivity contribution in [2.75, 3.05) is 0 Å². The van der Waals surface area contributed by atoms with E-state index in [1.54, 1.807) is 7.05 Å². The molecule has 0 atom stereocenters. The number of carbonyl (C=O) groups excluding carboxylic acids is 1. The number of rotatable bonds is 3. The molecular formula is C17H18N4O4. The highest BCUT2D eigenvalue weighted by Gasteiger charge is 2.18. The number of nitrogens with zero attached hydrogens (tertiary/aromatic N) is 4. The van der Waals surface area contributed by atoms with Gasteiger partial charge in [-0.1, -0.05) is 18.2 Å². The molecule has 0 N–H and O–H groups in total. The van der Waals surface area contributed by atoms with Crippen molar-refractivity contribution in [1.29, 1.82) is 0 Å². The van der Waals surface area contributed by atoms with E-state index in [1.165, 1.54) is 22.5 Å². The lowest BCUT2D eigenvalue weighted by atomic mass is 10.1. The largest absolute Gasteiger partial charge is 0.425 e. The number of hydrogen-bond acceptors (Lipinski definition) is 5. The highest BCUT2D eigenvalue weighted by Crippen LogP contribution is 2.22. The van der Waals surface area contributed by atoms with Crippen molar-refractivity contribution in [3.05, 3.63) is 56.5 Å². The lowest BCUT2D eigenvalue weighted by molar-refractivity contribution is -0.135. The maximum absolute atomic E-state index is 12.6. The third-order valence-corrected chi connectivity index (χ3v) is 4.11. The van der Waals surface area contributed by atoms with Gasteiger partial charge in [-0.2, -0.15) is 0 Å². The number of carbonyl (C=O) groups is 1. The molecule has 2 aromatic heterocycles. The van der Waals surface area contributed by atoms with Crippen LogP contribution in [0, 0.1) is 13.8 Å². The predicted octanol–water partition coefficient (Wildman–Crippen LogP) is 0.656. The summed E-state index contributed by atoms with van der Waals surface area (Å²) in [6, 6.07) is 5.50. The molecule has 0 radical (unpaired) electrons. The standard InChI is InChI=1S/C17H18N4O4/c1-10-6-5-7-11(2)14(10)25-12(22)8-21-16(23)13-15(18-9-19(13)3)20(4)17(21)24/h5-7,9H,8H2,1-4H3. The summed E-state index contributed by atoms with van der Waals surface area (Å²) < 4.78 is 9.00. The van der Waals surface area contributed by atoms with E-state index in [2.05, 4.69) is 4.98 Å². The summed E-state index contributed by atoms with van der Waals surface area (Å²) in [6.45, 7) is 3.17. The van der Waals surface area contributed by atoms with Crippen molar-refractivity contribution in [2.45, 2.75) is 20.4 Å². The Balaban J connectivity index is 2.01. The van der Waals surface area contributed by atoms with Crippen LogP contribution in [-0.2, 0) is 25.4 Å². The fourth-order valence-corrected chi connectivity index (χ4v) is 2.77. The van der Waals surface area contributed by atoms with E-state index in [1.807, 2.05) is 32.0 Å². The second-order valence-corrected chi connectivity index (χ2v) is 5.96. The average molecular weight is 342 g/mol. The Kier molecular flexibility index (Phi) is 4.03. The Morgan fingerprint density at radius 2 is 1.80 bits per heavy atom. The summed E-state index contributed by atoms with van der Waals surface area (Å²) in [5, 5.41) is 0. The van der Waals surface area contributed by atoms with Crippen LogP contribution >= 0.6 is 0 Å². The SMILES string of the molecule is Cc1cccc(C)c1OC(=O)Cn1c(=O)c2c(ncn2C)n(C)c1=O. The molecule has 1 aromatic carbocycles. The molecule has 2 heterocycles. The minimum absolute atomic E-state index is 0.252. The van der Waals surface area contributed by atoms with Gasteiger partial charge in [0.05, 0.1) is 6.33 Å². The van der Waals surface area contributed by atoms with Crippen LogP contribution in [-0.4, -0.2) is 24.7 Å². The number of imidazole rings is 1. The van der Waals surface area contributed by atoms with Crippen molar-refractivity contribution in [3.63, 3.8) is 0 Å². The number of benzene rings is 1. The van der Waals surface area contributed by atoms with Crippen LogP contribution in [0.25, 0.3) is 11.2 Å². The summed E-state index contributed by atoms with van der Waals surface area (Å²) in [6.07, 6.45) is 1.45. The number of ether oxygens (including phenoxy) is 1. The summed E-state index contributed by atoms with van der Waals surface area (Å²) in [5.74, 6) is -0.239. The fourth-order valence-electron chi connectivity index (χ4n) is 2.77. The van der Waals surface area contributed by atoms with Gasteiger partial charge in [0.2, 0.25) is 0 Å². The lowest BCUT2D eigenvalue weighted by Gasteiger charge is -2.11. The predicted molar refractivity (Wildman–Crippen MR) is 91.8 cm³/mol. The second kappa shape index (κ2) is 6.04. The third-order valence-electron chi connectivity index (χ3n) is 4.11. The van der Waals surface area contributed by atoms with Crippen molar-refractivity contribution >= 4 is 17.1 Å². The topological polar surface area (TPSA) is 88.1 Å². The van der Waals surface area contributed by atoms with Crippen LogP contribution in [0.15, 0.2) is 34.1 Å². The summed E-state index contributed by atoms with van der Waals surface area (Å²) in [5.41, 5.74) is 0.941. The summed E-state index contributed by atoms with van der Waals surface area (Å²) in [4.78, 5) is 41.3. The Labute approximate surface area is 142 Å². The molecule has 0 bridgehead atoms. The first-order valence-corrected chi connectivity index (χ1v) is 7.69. The number of aromatic nitrogens is 4. The molecule has 0 saturated heterocycles. The molecule has 0 aliphatic rings. The average Bonchev–Trinajstić information content (AvgIpc) is 2.95. The lowest BCUT2D eigenvalue weighted by Crippen LogP contribution is -2.42. The third kappa shape index (κ3) is 2.75. The quantitative estimate of drug-likeness (QED) is 0.515. The zero-order valence-corrected chi connectivity index (χ0v) is 14.4. The van der Waals surface area contributed by atoms with E-state index in [0.29, 0.717) is 5.75 Å². The first-order valence-electron chi connectivity index (χ1n) is 7.69. The van der Waals surface area contributed by atoms with Crippen molar-refractivity contribution in [2.24, 2.45) is 14.1 Å². The molecule has 3 rings (SSSR count). The molecule has 0 unspecified atom stereocenters. The van der Waals surface area contributed by atoms with E-state index in [0.717, 1.165) is 15.7 Å². The minimum Gasteiger partial charge on any atom is -0.425 e. The number of para-hydroxylation sites is 1. The van der Waals surface area contributed by atoms with Crippen molar-refractivity contribution in [3.8, 4) is 5.75 Å². The molecule has 0 saturated carbocycles. The van der Waals surface area contributed by atoms with Crippen LogP contribution in [0.4, 0.5) is 0 Å². The molecule has 25 heavy (non-hydrogen) atoms. The molecule has 130 valence electrons. The molecule has 0 aliphatic carbocycles. The van der Waals surface area contributed by atoms with Crippen LogP contribution in [0.2, 0.25) is 0 Å². The molecule has 0 aliphatic heterocycles. The maximum atomic E-state index is 12.6. The summed E-state index contributed by atoms with van der Waals surface area (Å²) >= 11 is 0. The van der Waals surface area contributed by atoms with E-state index < -0.39 is 23.8 Å². The smallest absolute Gasteiger partial charge is 0.333 e. The van der Waals surface area contributed by atoms with Gasteiger partial charge >= 0.3 is 11.7 Å². The number of esters is 1. The van der Waals surface area contributed by atoms with E-state index in [4.69, 9.17) is 4.74 Å². The zero-order valence-electron chi connectivity index (χ0n) is 14.4. The van der Waals surface area contributed by atoms with Gasteiger partial charge in [0.1, 0.15) is 12.3 Å². The van der Waals surface area contributed by atoms with Crippen molar-refractivity contribution in [1.82, 2.24) is 18.7 Å². The molecule has 0 spiro atoms. The Hall–Kier alpha value is -3.16. The van der Waals surface area contributed by atoms with Crippen LogP contribution in [0.5, 0.6) is 5.75 Å². The zero-order chi connectivity index (χ0) is 18.3. The normalized spacial score (nSPS) is 11.0. The molecule has 0 fully saturated rings. The highest BCUT2D eigenvalue weighted by atomic mass is 16.5. The van der Waals surface area contributed by atoms with Gasteiger partial charge in [-0.05, 0) is 25.0 Å². The molecule has 0 amide bonds. The Morgan fingerprint density at radius 3 is 2.44 bits per heavy atom. The molecule has 8 heteroatoms. The van der Waals surface area contributed by atoms with Crippen LogP contribution in [0.3, 0.4) is 0 Å². The first-order chi connectivity index (χ1) is 11.8. The van der Waals surface area contributed by atoms with Gasteiger partial charge in [-0.15, -0.1) is 0 Å². The van der Waals surface area contributed by atoms with Crippen LogP contribution in [0.1, 0.15) is 11.1 Å². The number of aryl methyl sites for hydroxylation is 4. The Bertz CT molecular complexity index is 1080. The summed E-state index contributed by atoms with van der Waals surface area (Å²) in [7, 11) is 3.16. The van der Waals surface area contributed by atoms with Gasteiger partial charge in [-0.25, -0.2) is 19.1 Å². The van der Waals surface area contributed by atoms with E-state index >= 15 is 0 Å². The van der Waals surface area contributed by atoms with Gasteiger partial charge in [0, 0.05) is 14.1 Å². The monoisotopic (exact) mass is 342 g/mol. The Morgan fingerprint density at radius 1 is 1.16 bits per heavy atom. The molecule has 8 nitrogen and oxygen atoms in total. The van der Waals surface area contributed by atoms with Gasteiger partial charge in [-0.3, -0.25) is 9.36 Å². The molecule has 3 aromatic rings. The molecular weight excluding hydrogens is 324 g/mol. The van der Waals surface area contributed by atoms with Crippen LogP contribution < -0.4 is 16.0 Å². The van der Waals surface area contributed by atoms with E-state index in [9.17, 15) is 14.4 Å².